The van der Waals surface area contributed by atoms with Crippen molar-refractivity contribution in [1.29, 1.82) is 0 Å². The topological polar surface area (TPSA) is 90.7 Å². The van der Waals surface area contributed by atoms with Gasteiger partial charge >= 0.3 is 0 Å². The number of pyridine rings is 1. The zero-order valence-corrected chi connectivity index (χ0v) is 17.9. The van der Waals surface area contributed by atoms with E-state index < -0.39 is 11.9 Å². The molecule has 1 aliphatic carbocycles. The van der Waals surface area contributed by atoms with Crippen LogP contribution in [0.15, 0.2) is 48.8 Å². The van der Waals surface area contributed by atoms with Gasteiger partial charge in [0.05, 0.1) is 23.5 Å². The van der Waals surface area contributed by atoms with Gasteiger partial charge in [-0.15, -0.1) is 11.3 Å². The maximum Gasteiger partial charge on any atom is 0.164 e. The highest BCUT2D eigenvalue weighted by atomic mass is 32.1. The van der Waals surface area contributed by atoms with Crippen LogP contribution in [0.4, 0.5) is 4.39 Å². The van der Waals surface area contributed by atoms with Crippen LogP contribution in [-0.2, 0) is 19.3 Å². The van der Waals surface area contributed by atoms with E-state index in [1.54, 1.807) is 23.6 Å². The van der Waals surface area contributed by atoms with Crippen LogP contribution in [-0.4, -0.2) is 21.0 Å². The smallest absolute Gasteiger partial charge is 0.164 e. The molecule has 5 rings (SSSR count). The Labute approximate surface area is 184 Å². The second kappa shape index (κ2) is 8.42. The lowest BCUT2D eigenvalue weighted by Gasteiger charge is -2.22. The lowest BCUT2D eigenvalue weighted by molar-refractivity contribution is 0.535. The molecular weight excluding hydrogens is 409 g/mol. The van der Waals surface area contributed by atoms with Crippen molar-refractivity contribution >= 4 is 21.6 Å². The van der Waals surface area contributed by atoms with Crippen molar-refractivity contribution in [2.75, 3.05) is 0 Å². The summed E-state index contributed by atoms with van der Waals surface area (Å²) in [7, 11) is 0. The molecule has 4 aromatic rings. The highest BCUT2D eigenvalue weighted by Crippen LogP contribution is 2.39. The third-order valence-electron chi connectivity index (χ3n) is 5.95. The summed E-state index contributed by atoms with van der Waals surface area (Å²) in [6.45, 7) is 0. The van der Waals surface area contributed by atoms with Crippen LogP contribution >= 0.6 is 11.3 Å². The molecular formula is C24H24FN5S. The number of aryl methyl sites for hydroxylation is 2. The van der Waals surface area contributed by atoms with Crippen LogP contribution in [0.25, 0.3) is 21.6 Å². The fraction of sp³-hybridized carbons (Fsp3) is 0.292. The molecule has 4 N–H and O–H groups in total. The first kappa shape index (κ1) is 20.2. The van der Waals surface area contributed by atoms with Crippen LogP contribution < -0.4 is 11.5 Å². The molecule has 31 heavy (non-hydrogen) atoms. The molecule has 0 saturated heterocycles. The summed E-state index contributed by atoms with van der Waals surface area (Å²) in [6.07, 6.45) is 7.72. The molecule has 3 heterocycles. The summed E-state index contributed by atoms with van der Waals surface area (Å²) in [6, 6.07) is 10.9. The van der Waals surface area contributed by atoms with Gasteiger partial charge in [0.2, 0.25) is 0 Å². The predicted octanol–water partition coefficient (Wildman–Crippen LogP) is 4.34. The molecule has 0 fully saturated rings. The number of halogens is 1. The van der Waals surface area contributed by atoms with E-state index in [1.807, 2.05) is 30.3 Å². The average molecular weight is 434 g/mol. The minimum absolute atomic E-state index is 0.324. The lowest BCUT2D eigenvalue weighted by atomic mass is 9.92. The zero-order chi connectivity index (χ0) is 21.4. The normalized spacial score (nSPS) is 15.6. The lowest BCUT2D eigenvalue weighted by Crippen LogP contribution is -2.36. The molecule has 5 nitrogen and oxygen atoms in total. The Bertz CT molecular complexity index is 1220. The monoisotopic (exact) mass is 433 g/mol. The van der Waals surface area contributed by atoms with Crippen molar-refractivity contribution in [1.82, 2.24) is 15.0 Å². The molecule has 0 aliphatic heterocycles. The summed E-state index contributed by atoms with van der Waals surface area (Å²) >= 11 is 1.68. The van der Waals surface area contributed by atoms with Crippen LogP contribution in [0.3, 0.4) is 0 Å². The number of nitrogens with two attached hydrogens (primary N) is 2. The molecule has 0 saturated carbocycles. The molecule has 0 amide bonds. The molecule has 7 heteroatoms. The van der Waals surface area contributed by atoms with Crippen LogP contribution in [0, 0.1) is 5.82 Å². The Hall–Kier alpha value is -2.74. The first-order valence-electron chi connectivity index (χ1n) is 10.6. The molecule has 0 spiro atoms. The quantitative estimate of drug-likeness (QED) is 0.489. The van der Waals surface area contributed by atoms with Gasteiger partial charge in [0, 0.05) is 22.5 Å². The molecule has 2 unspecified atom stereocenters. The molecule has 158 valence electrons. The Morgan fingerprint density at radius 1 is 1.03 bits per heavy atom. The number of nitrogens with zero attached hydrogens (tertiary/aromatic N) is 3. The van der Waals surface area contributed by atoms with Gasteiger partial charge in [-0.2, -0.15) is 0 Å². The van der Waals surface area contributed by atoms with E-state index >= 15 is 0 Å². The third-order valence-corrected chi connectivity index (χ3v) is 7.13. The Balaban J connectivity index is 1.64. The van der Waals surface area contributed by atoms with Gasteiger partial charge in [0.1, 0.15) is 4.83 Å². The van der Waals surface area contributed by atoms with Crippen molar-refractivity contribution in [2.24, 2.45) is 11.5 Å². The van der Waals surface area contributed by atoms with E-state index in [9.17, 15) is 4.39 Å². The Kier molecular flexibility index (Phi) is 5.48. The summed E-state index contributed by atoms with van der Waals surface area (Å²) < 4.78 is 14.5. The summed E-state index contributed by atoms with van der Waals surface area (Å²) in [4.78, 5) is 15.6. The van der Waals surface area contributed by atoms with Crippen molar-refractivity contribution in [3.63, 3.8) is 0 Å². The first-order chi connectivity index (χ1) is 15.1. The predicted molar refractivity (Wildman–Crippen MR) is 122 cm³/mol. The maximum atomic E-state index is 14.5. The van der Waals surface area contributed by atoms with Gasteiger partial charge in [0.15, 0.2) is 11.6 Å². The maximum absolute atomic E-state index is 14.5. The number of hydrogen-bond acceptors (Lipinski definition) is 6. The number of benzene rings is 1. The zero-order valence-electron chi connectivity index (χ0n) is 17.1. The summed E-state index contributed by atoms with van der Waals surface area (Å²) in [5.74, 6) is -0.111. The first-order valence-corrected chi connectivity index (χ1v) is 11.4. The highest BCUT2D eigenvalue weighted by Gasteiger charge is 2.27. The van der Waals surface area contributed by atoms with E-state index in [1.165, 1.54) is 23.1 Å². The van der Waals surface area contributed by atoms with Gasteiger partial charge in [-0.05, 0) is 49.3 Å². The van der Waals surface area contributed by atoms with E-state index in [0.717, 1.165) is 40.7 Å². The van der Waals surface area contributed by atoms with Crippen molar-refractivity contribution in [3.8, 4) is 11.4 Å². The van der Waals surface area contributed by atoms with E-state index in [-0.39, 0.29) is 6.04 Å². The van der Waals surface area contributed by atoms with Crippen molar-refractivity contribution < 1.29 is 4.39 Å². The van der Waals surface area contributed by atoms with Crippen molar-refractivity contribution in [2.45, 2.75) is 44.2 Å². The fourth-order valence-electron chi connectivity index (χ4n) is 4.32. The number of aromatic nitrogens is 3. The molecule has 0 radical (unpaired) electrons. The van der Waals surface area contributed by atoms with E-state index in [4.69, 9.17) is 21.4 Å². The van der Waals surface area contributed by atoms with Crippen LogP contribution in [0.1, 0.15) is 40.6 Å². The van der Waals surface area contributed by atoms with Gasteiger partial charge in [0.25, 0.3) is 0 Å². The third kappa shape index (κ3) is 3.84. The minimum atomic E-state index is -0.491. The molecule has 1 aliphatic rings. The SMILES string of the molecule is NC(Cc1ccccc1)C(N)c1nc(-c2ccncc2F)nc2sc3c(c12)CCCC3. The molecule has 0 bridgehead atoms. The van der Waals surface area contributed by atoms with Gasteiger partial charge in [-0.1, -0.05) is 30.3 Å². The van der Waals surface area contributed by atoms with Crippen LogP contribution in [0.5, 0.6) is 0 Å². The Morgan fingerprint density at radius 2 is 1.84 bits per heavy atom. The summed E-state index contributed by atoms with van der Waals surface area (Å²) in [5.41, 5.74) is 16.8. The van der Waals surface area contributed by atoms with Gasteiger partial charge < -0.3 is 11.5 Å². The van der Waals surface area contributed by atoms with Gasteiger partial charge in [-0.25, -0.2) is 14.4 Å². The second-order valence-corrected chi connectivity index (χ2v) is 9.14. The largest absolute Gasteiger partial charge is 0.326 e. The van der Waals surface area contributed by atoms with Crippen molar-refractivity contribution in [3.05, 3.63) is 76.3 Å². The van der Waals surface area contributed by atoms with Gasteiger partial charge in [-0.3, -0.25) is 4.98 Å². The number of rotatable bonds is 5. The highest BCUT2D eigenvalue weighted by molar-refractivity contribution is 7.18. The second-order valence-electron chi connectivity index (χ2n) is 8.06. The minimum Gasteiger partial charge on any atom is -0.326 e. The average Bonchev–Trinajstić information content (AvgIpc) is 3.17. The number of hydrogen-bond donors (Lipinski definition) is 2. The standard InChI is InChI=1S/C24H24FN5S/c25-17-13-28-11-10-15(17)23-29-22(21(27)18(26)12-14-6-2-1-3-7-14)20-16-8-4-5-9-19(16)31-24(20)30-23/h1-3,6-7,10-11,13,18,21H,4-5,8-9,12,26-27H2. The number of fused-ring (bicyclic) bond motifs is 3. The Morgan fingerprint density at radius 3 is 2.65 bits per heavy atom. The number of thiophene rings is 1. The van der Waals surface area contributed by atoms with E-state index in [2.05, 4.69) is 4.98 Å². The van der Waals surface area contributed by atoms with E-state index in [0.29, 0.717) is 17.8 Å². The van der Waals surface area contributed by atoms with Crippen LogP contribution in [0.2, 0.25) is 0 Å². The molecule has 2 atom stereocenters. The molecule has 1 aromatic carbocycles. The fourth-order valence-corrected chi connectivity index (χ4v) is 5.59. The summed E-state index contributed by atoms with van der Waals surface area (Å²) in [5, 5.41) is 1.02. The molecule has 3 aromatic heterocycles.